The van der Waals surface area contributed by atoms with Crippen LogP contribution >= 0.6 is 11.3 Å². The molecule has 9 heteroatoms. The second-order valence-corrected chi connectivity index (χ2v) is 8.97. The van der Waals surface area contributed by atoms with Gasteiger partial charge in [-0.1, -0.05) is 24.3 Å². The standard InChI is InChI=1S/C24H25F4N3OS/c1-14-22(33-15(2)30-14)20(13-6-16-4-9-18(10-5-16)24(26,27)28)31-21(23(32)29-3)17-7-11-19(25)12-8-17/h4-5,7-12,20-21,31H,6,13H2,1-3H3,(H,29,32)/t20-,21-/m1/s1. The first-order valence-electron chi connectivity index (χ1n) is 10.4. The van der Waals surface area contributed by atoms with E-state index >= 15 is 0 Å². The summed E-state index contributed by atoms with van der Waals surface area (Å²) in [6.07, 6.45) is -3.35. The lowest BCUT2D eigenvalue weighted by Crippen LogP contribution is -2.38. The Hall–Kier alpha value is -2.78. The Morgan fingerprint density at radius 1 is 1.06 bits per heavy atom. The molecule has 176 valence electrons. The van der Waals surface area contributed by atoms with Gasteiger partial charge in [0.2, 0.25) is 5.91 Å². The lowest BCUT2D eigenvalue weighted by molar-refractivity contribution is -0.137. The molecule has 33 heavy (non-hydrogen) atoms. The predicted octanol–water partition coefficient (Wildman–Crippen LogP) is 5.67. The largest absolute Gasteiger partial charge is 0.416 e. The number of carbonyl (C=O) groups is 1. The van der Waals surface area contributed by atoms with Crippen LogP contribution in [0, 0.1) is 19.7 Å². The van der Waals surface area contributed by atoms with Crippen molar-refractivity contribution in [3.05, 3.63) is 86.6 Å². The smallest absolute Gasteiger partial charge is 0.358 e. The summed E-state index contributed by atoms with van der Waals surface area (Å²) in [4.78, 5) is 18.1. The number of hydrogen-bond donors (Lipinski definition) is 2. The van der Waals surface area contributed by atoms with Crippen molar-refractivity contribution in [3.63, 3.8) is 0 Å². The minimum absolute atomic E-state index is 0.278. The fourth-order valence-electron chi connectivity index (χ4n) is 3.66. The lowest BCUT2D eigenvalue weighted by atomic mass is 9.99. The van der Waals surface area contributed by atoms with E-state index in [1.54, 1.807) is 12.1 Å². The fraction of sp³-hybridized carbons (Fsp3) is 0.333. The highest BCUT2D eigenvalue weighted by Crippen LogP contribution is 2.32. The molecular weight excluding hydrogens is 454 g/mol. The molecule has 2 N–H and O–H groups in total. The third kappa shape index (κ3) is 6.39. The number of aryl methyl sites for hydroxylation is 3. The average Bonchev–Trinajstić information content (AvgIpc) is 3.11. The van der Waals surface area contributed by atoms with Crippen LogP contribution in [0.5, 0.6) is 0 Å². The predicted molar refractivity (Wildman–Crippen MR) is 120 cm³/mol. The number of thiazole rings is 1. The zero-order chi connectivity index (χ0) is 24.2. The Balaban J connectivity index is 1.86. The van der Waals surface area contributed by atoms with Gasteiger partial charge in [-0.25, -0.2) is 9.37 Å². The SMILES string of the molecule is CNC(=O)[C@H](N[C@H](CCc1ccc(C(F)(F)F)cc1)c1sc(C)nc1C)c1ccc(F)cc1. The van der Waals surface area contributed by atoms with Gasteiger partial charge >= 0.3 is 6.18 Å². The maximum absolute atomic E-state index is 13.4. The van der Waals surface area contributed by atoms with Crippen molar-refractivity contribution in [1.29, 1.82) is 0 Å². The summed E-state index contributed by atoms with van der Waals surface area (Å²) in [6, 6.07) is 9.78. The molecule has 3 aromatic rings. The first-order valence-corrected chi connectivity index (χ1v) is 11.2. The molecule has 0 aliphatic carbocycles. The van der Waals surface area contributed by atoms with Gasteiger partial charge in [-0.05, 0) is 62.1 Å². The fourth-order valence-corrected chi connectivity index (χ4v) is 4.68. The van der Waals surface area contributed by atoms with Gasteiger partial charge in [0.05, 0.1) is 16.3 Å². The van der Waals surface area contributed by atoms with Gasteiger partial charge in [-0.2, -0.15) is 13.2 Å². The van der Waals surface area contributed by atoms with Crippen molar-refractivity contribution in [3.8, 4) is 0 Å². The second kappa shape index (κ2) is 10.4. The summed E-state index contributed by atoms with van der Waals surface area (Å²) in [5.41, 5.74) is 1.50. The second-order valence-electron chi connectivity index (χ2n) is 7.73. The highest BCUT2D eigenvalue weighted by atomic mass is 32.1. The molecule has 0 aliphatic rings. The van der Waals surface area contributed by atoms with Crippen LogP contribution in [0.25, 0.3) is 0 Å². The average molecular weight is 480 g/mol. The van der Waals surface area contributed by atoms with Gasteiger partial charge < -0.3 is 5.32 Å². The number of alkyl halides is 3. The van der Waals surface area contributed by atoms with Crippen LogP contribution in [0.15, 0.2) is 48.5 Å². The molecule has 4 nitrogen and oxygen atoms in total. The van der Waals surface area contributed by atoms with Gasteiger partial charge in [-0.3, -0.25) is 10.1 Å². The number of hydrogen-bond acceptors (Lipinski definition) is 4. The summed E-state index contributed by atoms with van der Waals surface area (Å²) in [5, 5.41) is 6.88. The molecule has 0 saturated carbocycles. The molecule has 0 radical (unpaired) electrons. The first-order chi connectivity index (χ1) is 15.6. The van der Waals surface area contributed by atoms with Crippen molar-refractivity contribution in [1.82, 2.24) is 15.6 Å². The maximum atomic E-state index is 13.4. The van der Waals surface area contributed by atoms with Crippen molar-refractivity contribution in [2.24, 2.45) is 0 Å². The molecule has 3 rings (SSSR count). The van der Waals surface area contributed by atoms with E-state index < -0.39 is 23.6 Å². The third-order valence-electron chi connectivity index (χ3n) is 5.34. The number of halogens is 4. The van der Waals surface area contributed by atoms with Crippen molar-refractivity contribution >= 4 is 17.2 Å². The van der Waals surface area contributed by atoms with Gasteiger partial charge in [0.1, 0.15) is 11.9 Å². The number of amides is 1. The van der Waals surface area contributed by atoms with Crippen LogP contribution in [-0.4, -0.2) is 17.9 Å². The number of nitrogens with one attached hydrogen (secondary N) is 2. The Morgan fingerprint density at radius 2 is 1.70 bits per heavy atom. The summed E-state index contributed by atoms with van der Waals surface area (Å²) >= 11 is 1.51. The third-order valence-corrected chi connectivity index (χ3v) is 6.53. The molecule has 0 fully saturated rings. The van der Waals surface area contributed by atoms with Gasteiger partial charge in [0.25, 0.3) is 0 Å². The molecule has 1 heterocycles. The molecule has 2 atom stereocenters. The normalized spacial score (nSPS) is 13.5. The Kier molecular flexibility index (Phi) is 7.86. The highest BCUT2D eigenvalue weighted by Gasteiger charge is 2.30. The maximum Gasteiger partial charge on any atom is 0.416 e. The Labute approximate surface area is 194 Å². The van der Waals surface area contributed by atoms with Gasteiger partial charge in [0, 0.05) is 18.0 Å². The van der Waals surface area contributed by atoms with Crippen LogP contribution < -0.4 is 10.6 Å². The number of benzene rings is 2. The van der Waals surface area contributed by atoms with Gasteiger partial charge in [0.15, 0.2) is 0 Å². The number of likely N-dealkylation sites (N-methyl/N-ethyl adjacent to an activating group) is 1. The molecule has 0 spiro atoms. The van der Waals surface area contributed by atoms with Crippen molar-refractivity contribution in [2.75, 3.05) is 7.05 Å². The van der Waals surface area contributed by atoms with E-state index in [0.717, 1.165) is 33.3 Å². The zero-order valence-corrected chi connectivity index (χ0v) is 19.3. The van der Waals surface area contributed by atoms with Crippen molar-refractivity contribution in [2.45, 2.75) is 44.9 Å². The topological polar surface area (TPSA) is 54.0 Å². The van der Waals surface area contributed by atoms with E-state index in [9.17, 15) is 22.4 Å². The molecule has 0 bridgehead atoms. The number of carbonyl (C=O) groups excluding carboxylic acids is 1. The van der Waals surface area contributed by atoms with E-state index in [1.807, 2.05) is 13.8 Å². The lowest BCUT2D eigenvalue weighted by Gasteiger charge is -2.25. The first kappa shape index (κ1) is 24.9. The zero-order valence-electron chi connectivity index (χ0n) is 18.5. The molecule has 2 aromatic carbocycles. The van der Waals surface area contributed by atoms with Crippen LogP contribution in [-0.2, 0) is 17.4 Å². The van der Waals surface area contributed by atoms with E-state index in [-0.39, 0.29) is 11.9 Å². The molecule has 0 unspecified atom stereocenters. The summed E-state index contributed by atoms with van der Waals surface area (Å²) in [5.74, 6) is -0.679. The van der Waals surface area contributed by atoms with Crippen LogP contribution in [0.2, 0.25) is 0 Å². The van der Waals surface area contributed by atoms with E-state index in [4.69, 9.17) is 0 Å². The van der Waals surface area contributed by atoms with E-state index in [0.29, 0.717) is 18.4 Å². The van der Waals surface area contributed by atoms with Crippen molar-refractivity contribution < 1.29 is 22.4 Å². The molecule has 1 amide bonds. The van der Waals surface area contributed by atoms with E-state index in [2.05, 4.69) is 15.6 Å². The Morgan fingerprint density at radius 3 is 2.21 bits per heavy atom. The summed E-state index contributed by atoms with van der Waals surface area (Å²) in [7, 11) is 1.53. The molecular formula is C24H25F4N3OS. The molecule has 1 aromatic heterocycles. The minimum atomic E-state index is -4.38. The number of aromatic nitrogens is 1. The van der Waals surface area contributed by atoms with Crippen LogP contribution in [0.1, 0.15) is 50.8 Å². The van der Waals surface area contributed by atoms with Crippen LogP contribution in [0.3, 0.4) is 0 Å². The summed E-state index contributed by atoms with van der Waals surface area (Å²) < 4.78 is 52.0. The quantitative estimate of drug-likeness (QED) is 0.410. The molecule has 0 saturated heterocycles. The van der Waals surface area contributed by atoms with E-state index in [1.165, 1.54) is 42.6 Å². The monoisotopic (exact) mass is 479 g/mol. The number of rotatable bonds is 8. The number of nitrogens with zero attached hydrogens (tertiary/aromatic N) is 1. The Bertz CT molecular complexity index is 1080. The minimum Gasteiger partial charge on any atom is -0.358 e. The highest BCUT2D eigenvalue weighted by molar-refractivity contribution is 7.11. The molecule has 0 aliphatic heterocycles. The van der Waals surface area contributed by atoms with Gasteiger partial charge in [-0.15, -0.1) is 11.3 Å². The summed E-state index contributed by atoms with van der Waals surface area (Å²) in [6.45, 7) is 3.78. The van der Waals surface area contributed by atoms with Crippen LogP contribution in [0.4, 0.5) is 17.6 Å².